The van der Waals surface area contributed by atoms with Gasteiger partial charge in [0.05, 0.1) is 39.0 Å². The summed E-state index contributed by atoms with van der Waals surface area (Å²) >= 11 is 0. The van der Waals surface area contributed by atoms with E-state index in [0.29, 0.717) is 6.54 Å². The van der Waals surface area contributed by atoms with Crippen molar-refractivity contribution < 1.29 is 19.2 Å². The summed E-state index contributed by atoms with van der Waals surface area (Å²) in [6, 6.07) is 7.48. The minimum absolute atomic E-state index is 0.250. The van der Waals surface area contributed by atoms with Crippen LogP contribution in [0.4, 0.5) is 10.5 Å². The maximum atomic E-state index is 11.7. The number of benzene rings is 1. The molecule has 7 nitrogen and oxygen atoms in total. The lowest BCUT2D eigenvalue weighted by molar-refractivity contribution is -0.892. The number of imide groups is 1. The molecule has 0 atom stereocenters. The van der Waals surface area contributed by atoms with Crippen molar-refractivity contribution in [2.75, 3.05) is 51.8 Å². The molecule has 1 aromatic rings. The molecule has 0 aromatic heterocycles. The molecule has 0 spiro atoms. The van der Waals surface area contributed by atoms with Gasteiger partial charge in [-0.3, -0.25) is 10.1 Å². The Morgan fingerprint density at radius 3 is 2.59 bits per heavy atom. The van der Waals surface area contributed by atoms with Crippen LogP contribution in [0.25, 0.3) is 0 Å². The van der Waals surface area contributed by atoms with Gasteiger partial charge in [-0.25, -0.2) is 4.79 Å². The van der Waals surface area contributed by atoms with Crippen molar-refractivity contribution in [2.24, 2.45) is 0 Å². The number of hydrogen-bond donors (Lipinski definition) is 3. The molecule has 1 fully saturated rings. The average molecular weight is 307 g/mol. The summed E-state index contributed by atoms with van der Waals surface area (Å²) in [5.74, 6) is 0.614. The number of ether oxygens (including phenoxy) is 1. The SMILES string of the molecule is CNC(=O)NC(=O)C[NH+]1CCN(c2ccccc2OC)CC1. The smallest absolute Gasteiger partial charge is 0.321 e. The molecule has 2 rings (SSSR count). The molecule has 0 saturated carbocycles. The molecule has 3 amide bonds. The molecule has 22 heavy (non-hydrogen) atoms. The molecule has 1 aromatic carbocycles. The summed E-state index contributed by atoms with van der Waals surface area (Å²) in [5, 5.41) is 4.67. The molecule has 0 bridgehead atoms. The summed E-state index contributed by atoms with van der Waals surface area (Å²) in [5.41, 5.74) is 1.08. The van der Waals surface area contributed by atoms with Gasteiger partial charge in [-0.1, -0.05) is 12.1 Å². The van der Waals surface area contributed by atoms with Gasteiger partial charge >= 0.3 is 6.03 Å². The molecule has 3 N–H and O–H groups in total. The molecule has 0 radical (unpaired) electrons. The van der Waals surface area contributed by atoms with E-state index >= 15 is 0 Å². The van der Waals surface area contributed by atoms with E-state index in [1.165, 1.54) is 11.9 Å². The second-order valence-corrected chi connectivity index (χ2v) is 5.21. The summed E-state index contributed by atoms with van der Waals surface area (Å²) in [7, 11) is 3.16. The maximum absolute atomic E-state index is 11.7. The van der Waals surface area contributed by atoms with Crippen LogP contribution >= 0.6 is 0 Å². The van der Waals surface area contributed by atoms with Crippen LogP contribution in [0, 0.1) is 0 Å². The predicted octanol–water partition coefficient (Wildman–Crippen LogP) is -1.14. The van der Waals surface area contributed by atoms with Crippen LogP contribution in [-0.4, -0.2) is 58.8 Å². The quantitative estimate of drug-likeness (QED) is 0.657. The fourth-order valence-electron chi connectivity index (χ4n) is 2.59. The van der Waals surface area contributed by atoms with Crippen molar-refractivity contribution in [1.29, 1.82) is 0 Å². The number of nitrogens with one attached hydrogen (secondary N) is 3. The number of nitrogens with zero attached hydrogens (tertiary/aromatic N) is 1. The van der Waals surface area contributed by atoms with Crippen LogP contribution in [0.5, 0.6) is 5.75 Å². The number of hydrogen-bond acceptors (Lipinski definition) is 4. The lowest BCUT2D eigenvalue weighted by Gasteiger charge is -2.33. The van der Waals surface area contributed by atoms with E-state index in [1.54, 1.807) is 7.11 Å². The number of carbonyl (C=O) groups is 2. The lowest BCUT2D eigenvalue weighted by Crippen LogP contribution is -3.16. The fourth-order valence-corrected chi connectivity index (χ4v) is 2.59. The Kier molecular flexibility index (Phi) is 5.60. The van der Waals surface area contributed by atoms with Crippen molar-refractivity contribution >= 4 is 17.6 Å². The Bertz CT molecular complexity index is 527. The van der Waals surface area contributed by atoms with Crippen LogP contribution in [0.2, 0.25) is 0 Å². The van der Waals surface area contributed by atoms with Crippen LogP contribution in [0.15, 0.2) is 24.3 Å². The number of urea groups is 1. The second kappa shape index (κ2) is 7.65. The van der Waals surface area contributed by atoms with Crippen LogP contribution in [0.3, 0.4) is 0 Å². The number of carbonyl (C=O) groups excluding carboxylic acids is 2. The highest BCUT2D eigenvalue weighted by molar-refractivity contribution is 5.94. The van der Waals surface area contributed by atoms with Gasteiger partial charge < -0.3 is 19.9 Å². The van der Waals surface area contributed by atoms with E-state index in [2.05, 4.69) is 15.5 Å². The number of rotatable bonds is 4. The third kappa shape index (κ3) is 4.11. The Hall–Kier alpha value is -2.28. The first-order valence-corrected chi connectivity index (χ1v) is 7.37. The van der Waals surface area contributed by atoms with Gasteiger partial charge in [0.2, 0.25) is 0 Å². The van der Waals surface area contributed by atoms with Gasteiger partial charge in [0.1, 0.15) is 5.75 Å². The van der Waals surface area contributed by atoms with E-state index in [0.717, 1.165) is 37.6 Å². The molecule has 0 unspecified atom stereocenters. The predicted molar refractivity (Wildman–Crippen MR) is 83.4 cm³/mol. The number of anilines is 1. The zero-order valence-electron chi connectivity index (χ0n) is 13.0. The summed E-state index contributed by atoms with van der Waals surface area (Å²) < 4.78 is 5.39. The van der Waals surface area contributed by atoms with Crippen LogP contribution in [0.1, 0.15) is 0 Å². The molecule has 0 aliphatic carbocycles. The zero-order chi connectivity index (χ0) is 15.9. The van der Waals surface area contributed by atoms with Crippen LogP contribution < -0.4 is 25.2 Å². The van der Waals surface area contributed by atoms with E-state index in [-0.39, 0.29) is 5.91 Å². The molecule has 1 heterocycles. The molecule has 1 aliphatic heterocycles. The third-order valence-corrected chi connectivity index (χ3v) is 3.79. The first-order chi connectivity index (χ1) is 10.6. The average Bonchev–Trinajstić information content (AvgIpc) is 2.55. The number of para-hydroxylation sites is 2. The first kappa shape index (κ1) is 16.1. The summed E-state index contributed by atoms with van der Waals surface area (Å²) in [6.07, 6.45) is 0. The van der Waals surface area contributed by atoms with Crippen molar-refractivity contribution in [1.82, 2.24) is 10.6 Å². The highest BCUT2D eigenvalue weighted by Gasteiger charge is 2.24. The number of amides is 3. The van der Waals surface area contributed by atoms with Gasteiger partial charge in [0.25, 0.3) is 5.91 Å². The maximum Gasteiger partial charge on any atom is 0.321 e. The van der Waals surface area contributed by atoms with Crippen molar-refractivity contribution in [3.63, 3.8) is 0 Å². The van der Waals surface area contributed by atoms with Crippen LogP contribution in [-0.2, 0) is 4.79 Å². The highest BCUT2D eigenvalue weighted by Crippen LogP contribution is 2.27. The molecule has 1 saturated heterocycles. The zero-order valence-corrected chi connectivity index (χ0v) is 13.0. The first-order valence-electron chi connectivity index (χ1n) is 7.37. The fraction of sp³-hybridized carbons (Fsp3) is 0.467. The van der Waals surface area contributed by atoms with E-state index < -0.39 is 6.03 Å². The Morgan fingerprint density at radius 2 is 1.95 bits per heavy atom. The minimum atomic E-state index is -0.461. The number of quaternary nitrogens is 1. The van der Waals surface area contributed by atoms with Gasteiger partial charge in [-0.05, 0) is 12.1 Å². The topological polar surface area (TPSA) is 75.1 Å². The van der Waals surface area contributed by atoms with E-state index in [9.17, 15) is 9.59 Å². The normalized spacial score (nSPS) is 15.3. The molecular weight excluding hydrogens is 284 g/mol. The van der Waals surface area contributed by atoms with Gasteiger partial charge in [0.15, 0.2) is 6.54 Å². The standard InChI is InChI=1S/C15H22N4O3/c1-16-15(21)17-14(20)11-18-7-9-19(10-8-18)12-5-3-4-6-13(12)22-2/h3-6H,7-11H2,1-2H3,(H2,16,17,20,21)/p+1. The molecule has 120 valence electrons. The minimum Gasteiger partial charge on any atom is -0.495 e. The van der Waals surface area contributed by atoms with Crippen molar-refractivity contribution in [3.05, 3.63) is 24.3 Å². The molecule has 7 heteroatoms. The van der Waals surface area contributed by atoms with Crippen molar-refractivity contribution in [3.8, 4) is 5.75 Å². The van der Waals surface area contributed by atoms with E-state index in [1.807, 2.05) is 24.3 Å². The molecular formula is C15H23N4O3+. The number of piperazine rings is 1. The summed E-state index contributed by atoms with van der Waals surface area (Å²) in [4.78, 5) is 26.2. The second-order valence-electron chi connectivity index (χ2n) is 5.21. The largest absolute Gasteiger partial charge is 0.495 e. The highest BCUT2D eigenvalue weighted by atomic mass is 16.5. The Labute approximate surface area is 130 Å². The Balaban J connectivity index is 1.85. The molecule has 1 aliphatic rings. The van der Waals surface area contributed by atoms with Gasteiger partial charge in [0, 0.05) is 7.05 Å². The summed E-state index contributed by atoms with van der Waals surface area (Å²) in [6.45, 7) is 3.71. The number of methoxy groups -OCH3 is 1. The lowest BCUT2D eigenvalue weighted by atomic mass is 10.2. The van der Waals surface area contributed by atoms with Crippen molar-refractivity contribution in [2.45, 2.75) is 0 Å². The van der Waals surface area contributed by atoms with Gasteiger partial charge in [-0.15, -0.1) is 0 Å². The van der Waals surface area contributed by atoms with Gasteiger partial charge in [-0.2, -0.15) is 0 Å². The monoisotopic (exact) mass is 307 g/mol. The Morgan fingerprint density at radius 1 is 1.27 bits per heavy atom. The van der Waals surface area contributed by atoms with E-state index in [4.69, 9.17) is 4.74 Å². The third-order valence-electron chi connectivity index (χ3n) is 3.79.